The van der Waals surface area contributed by atoms with Crippen LogP contribution in [0.3, 0.4) is 0 Å². The van der Waals surface area contributed by atoms with E-state index in [0.717, 1.165) is 12.8 Å². The number of hydrogen-bond acceptors (Lipinski definition) is 2. The largest absolute Gasteiger partial charge is 0.371 e. The standard InChI is InChI=1S/C15H18O2/c1-2-5-11-14-10-7-4-3-6-9(10)12-8-13(16-11)15(14)17-12/h3-4,6-7,11-15H,2,5,8H2,1H3/t11-,12+,13+,14+,15-/m1/s1. The highest BCUT2D eigenvalue weighted by atomic mass is 16.6. The van der Waals surface area contributed by atoms with Gasteiger partial charge in [0.05, 0.1) is 24.4 Å². The average molecular weight is 230 g/mol. The number of ether oxygens (including phenoxy) is 2. The van der Waals surface area contributed by atoms with Crippen molar-refractivity contribution in [3.63, 3.8) is 0 Å². The first kappa shape index (κ1) is 10.1. The Labute approximate surface area is 102 Å². The molecule has 0 aliphatic carbocycles. The molecule has 1 aromatic rings. The second-order valence-electron chi connectivity index (χ2n) is 5.48. The molecular formula is C15H18O2. The summed E-state index contributed by atoms with van der Waals surface area (Å²) in [7, 11) is 0. The van der Waals surface area contributed by atoms with Gasteiger partial charge >= 0.3 is 0 Å². The van der Waals surface area contributed by atoms with Crippen LogP contribution in [0.1, 0.15) is 49.3 Å². The van der Waals surface area contributed by atoms with E-state index in [4.69, 9.17) is 9.47 Å². The summed E-state index contributed by atoms with van der Waals surface area (Å²) in [6.07, 6.45) is 4.72. The minimum absolute atomic E-state index is 0.292. The van der Waals surface area contributed by atoms with Crippen LogP contribution in [0.5, 0.6) is 0 Å². The third-order valence-electron chi connectivity index (χ3n) is 4.51. The molecule has 2 heteroatoms. The van der Waals surface area contributed by atoms with Gasteiger partial charge in [0.2, 0.25) is 0 Å². The van der Waals surface area contributed by atoms with Gasteiger partial charge in [-0.15, -0.1) is 0 Å². The predicted octanol–water partition coefficient (Wildman–Crippen LogP) is 3.18. The number of rotatable bonds is 2. The Bertz CT molecular complexity index is 440. The molecule has 0 radical (unpaired) electrons. The number of fused-ring (bicyclic) bond motifs is 4. The van der Waals surface area contributed by atoms with E-state index in [9.17, 15) is 0 Å². The highest BCUT2D eigenvalue weighted by molar-refractivity contribution is 5.39. The SMILES string of the molecule is CCC[C@H]1O[C@H]2C[C@@H]3O[C@H]2[C@H]1c1ccccc13. The quantitative estimate of drug-likeness (QED) is 0.777. The van der Waals surface area contributed by atoms with Crippen LogP contribution in [0.15, 0.2) is 24.3 Å². The summed E-state index contributed by atoms with van der Waals surface area (Å²) in [5, 5.41) is 0. The van der Waals surface area contributed by atoms with Crippen LogP contribution in [-0.2, 0) is 9.47 Å². The smallest absolute Gasteiger partial charge is 0.0939 e. The Morgan fingerprint density at radius 2 is 2.00 bits per heavy atom. The fourth-order valence-electron chi connectivity index (χ4n) is 3.86. The van der Waals surface area contributed by atoms with Gasteiger partial charge in [-0.05, 0) is 17.5 Å². The molecule has 3 heterocycles. The Morgan fingerprint density at radius 3 is 2.82 bits per heavy atom. The van der Waals surface area contributed by atoms with Gasteiger partial charge in [-0.3, -0.25) is 0 Å². The van der Waals surface area contributed by atoms with E-state index < -0.39 is 0 Å². The molecule has 3 aliphatic rings. The maximum absolute atomic E-state index is 6.19. The lowest BCUT2D eigenvalue weighted by atomic mass is 9.84. The molecule has 0 N–H and O–H groups in total. The minimum Gasteiger partial charge on any atom is -0.371 e. The summed E-state index contributed by atoms with van der Waals surface area (Å²) in [5.74, 6) is 0.481. The zero-order chi connectivity index (χ0) is 11.4. The summed E-state index contributed by atoms with van der Waals surface area (Å²) in [5.41, 5.74) is 2.91. The fourth-order valence-corrected chi connectivity index (χ4v) is 3.86. The van der Waals surface area contributed by atoms with Gasteiger partial charge < -0.3 is 9.47 Å². The van der Waals surface area contributed by atoms with Crippen LogP contribution in [-0.4, -0.2) is 18.3 Å². The van der Waals surface area contributed by atoms with E-state index >= 15 is 0 Å². The van der Waals surface area contributed by atoms with Gasteiger partial charge in [-0.25, -0.2) is 0 Å². The average Bonchev–Trinajstić information content (AvgIpc) is 2.84. The molecule has 3 aliphatic heterocycles. The van der Waals surface area contributed by atoms with Crippen LogP contribution in [0.4, 0.5) is 0 Å². The van der Waals surface area contributed by atoms with Crippen molar-refractivity contribution in [3.05, 3.63) is 35.4 Å². The predicted molar refractivity (Wildman–Crippen MR) is 65.0 cm³/mol. The van der Waals surface area contributed by atoms with Gasteiger partial charge in [-0.2, -0.15) is 0 Å². The summed E-state index contributed by atoms with van der Waals surface area (Å²) in [4.78, 5) is 0. The van der Waals surface area contributed by atoms with Crippen LogP contribution in [0, 0.1) is 0 Å². The maximum Gasteiger partial charge on any atom is 0.0939 e. The van der Waals surface area contributed by atoms with Gasteiger partial charge in [0.15, 0.2) is 0 Å². The van der Waals surface area contributed by atoms with Crippen molar-refractivity contribution in [2.45, 2.75) is 56.5 Å². The molecule has 4 rings (SSSR count). The van der Waals surface area contributed by atoms with Crippen LogP contribution >= 0.6 is 0 Å². The molecular weight excluding hydrogens is 212 g/mol. The van der Waals surface area contributed by atoms with Gasteiger partial charge in [0, 0.05) is 12.3 Å². The van der Waals surface area contributed by atoms with Crippen molar-refractivity contribution < 1.29 is 9.47 Å². The minimum atomic E-state index is 0.292. The van der Waals surface area contributed by atoms with Crippen molar-refractivity contribution in [3.8, 4) is 0 Å². The summed E-state index contributed by atoms with van der Waals surface area (Å²) < 4.78 is 12.4. The summed E-state index contributed by atoms with van der Waals surface area (Å²) >= 11 is 0. The third kappa shape index (κ3) is 1.28. The van der Waals surface area contributed by atoms with Crippen molar-refractivity contribution in [2.75, 3.05) is 0 Å². The lowest BCUT2D eigenvalue weighted by Gasteiger charge is -2.32. The van der Waals surface area contributed by atoms with E-state index in [1.807, 2.05) is 0 Å². The number of hydrogen-bond donors (Lipinski definition) is 0. The molecule has 17 heavy (non-hydrogen) atoms. The Balaban J connectivity index is 1.81. The first-order chi connectivity index (χ1) is 8.38. The summed E-state index contributed by atoms with van der Waals surface area (Å²) in [6, 6.07) is 8.80. The van der Waals surface area contributed by atoms with Gasteiger partial charge in [0.25, 0.3) is 0 Å². The van der Waals surface area contributed by atoms with Crippen molar-refractivity contribution in [1.29, 1.82) is 0 Å². The first-order valence-corrected chi connectivity index (χ1v) is 6.78. The summed E-state index contributed by atoms with van der Waals surface area (Å²) in [6.45, 7) is 2.23. The molecule has 2 saturated heterocycles. The van der Waals surface area contributed by atoms with E-state index in [0.29, 0.717) is 30.3 Å². The second-order valence-corrected chi connectivity index (χ2v) is 5.48. The van der Waals surface area contributed by atoms with E-state index in [1.165, 1.54) is 17.5 Å². The Morgan fingerprint density at radius 1 is 1.18 bits per heavy atom. The zero-order valence-electron chi connectivity index (χ0n) is 10.1. The van der Waals surface area contributed by atoms with Crippen LogP contribution in [0.2, 0.25) is 0 Å². The lowest BCUT2D eigenvalue weighted by Crippen LogP contribution is -2.28. The van der Waals surface area contributed by atoms with Crippen molar-refractivity contribution >= 4 is 0 Å². The molecule has 1 aromatic carbocycles. The molecule has 2 nitrogen and oxygen atoms in total. The topological polar surface area (TPSA) is 18.5 Å². The Hall–Kier alpha value is -0.860. The highest BCUT2D eigenvalue weighted by Crippen LogP contribution is 2.54. The van der Waals surface area contributed by atoms with E-state index in [2.05, 4.69) is 31.2 Å². The molecule has 5 atom stereocenters. The molecule has 2 bridgehead atoms. The zero-order valence-corrected chi connectivity index (χ0v) is 10.1. The molecule has 0 aromatic heterocycles. The van der Waals surface area contributed by atoms with E-state index in [-0.39, 0.29) is 0 Å². The molecule has 0 spiro atoms. The van der Waals surface area contributed by atoms with Gasteiger partial charge in [0.1, 0.15) is 0 Å². The lowest BCUT2D eigenvalue weighted by molar-refractivity contribution is 0.0171. The number of benzene rings is 1. The fraction of sp³-hybridized carbons (Fsp3) is 0.600. The molecule has 90 valence electrons. The molecule has 0 amide bonds. The highest BCUT2D eigenvalue weighted by Gasteiger charge is 2.55. The first-order valence-electron chi connectivity index (χ1n) is 6.78. The van der Waals surface area contributed by atoms with Crippen molar-refractivity contribution in [1.82, 2.24) is 0 Å². The van der Waals surface area contributed by atoms with Gasteiger partial charge in [-0.1, -0.05) is 37.6 Å². The third-order valence-corrected chi connectivity index (χ3v) is 4.51. The molecule has 2 fully saturated rings. The molecule has 0 unspecified atom stereocenters. The second kappa shape index (κ2) is 3.56. The van der Waals surface area contributed by atoms with Crippen LogP contribution < -0.4 is 0 Å². The van der Waals surface area contributed by atoms with Crippen LogP contribution in [0.25, 0.3) is 0 Å². The molecule has 0 saturated carbocycles. The van der Waals surface area contributed by atoms with E-state index in [1.54, 1.807) is 0 Å². The monoisotopic (exact) mass is 230 g/mol. The van der Waals surface area contributed by atoms with Crippen molar-refractivity contribution in [2.24, 2.45) is 0 Å². The normalized spacial score (nSPS) is 41.6. The Kier molecular flexibility index (Phi) is 2.12. The maximum atomic E-state index is 6.19.